The fourth-order valence-corrected chi connectivity index (χ4v) is 3.06. The monoisotopic (exact) mass is 304 g/mol. The topological polar surface area (TPSA) is 27.7 Å². The summed E-state index contributed by atoms with van der Waals surface area (Å²) in [4.78, 5) is 0. The third kappa shape index (κ3) is 9.92. The van der Waals surface area contributed by atoms with Crippen LogP contribution in [0.25, 0.3) is 0 Å². The van der Waals surface area contributed by atoms with Gasteiger partial charge in [0.05, 0.1) is 0 Å². The summed E-state index contributed by atoms with van der Waals surface area (Å²) in [6, 6.07) is 1.48. The van der Waals surface area contributed by atoms with Crippen LogP contribution >= 0.6 is 0 Å². The molecule has 0 aromatic heterocycles. The first-order chi connectivity index (χ1) is 9.74. The Morgan fingerprint density at radius 2 is 0.950 bits per heavy atom. The van der Waals surface area contributed by atoms with Crippen LogP contribution in [0.15, 0.2) is 0 Å². The van der Waals surface area contributed by atoms with Gasteiger partial charge in [-0.3, -0.25) is 0 Å². The van der Waals surface area contributed by atoms with Gasteiger partial charge in [0.1, 0.15) is 0 Å². The molecule has 0 aromatic carbocycles. The summed E-state index contributed by atoms with van der Waals surface area (Å²) in [5, 5.41) is 0. The molecule has 0 N–H and O–H groups in total. The van der Waals surface area contributed by atoms with E-state index in [4.69, 9.17) is 14.2 Å². The zero-order valence-corrected chi connectivity index (χ0v) is 16.2. The Labute approximate surface area is 129 Å². The SMILES string of the molecule is COC(CCCCCCCCCCCC[SiH3])(OC)OC. The predicted octanol–water partition coefficient (Wildman–Crippen LogP) is 3.65. The molecule has 3 nitrogen and oxygen atoms in total. The van der Waals surface area contributed by atoms with E-state index in [2.05, 4.69) is 0 Å². The number of hydrogen-bond acceptors (Lipinski definition) is 3. The largest absolute Gasteiger partial charge is 0.331 e. The molecule has 4 heteroatoms. The molecular formula is C16H36O3Si. The molecule has 0 radical (unpaired) electrons. The first-order valence-electron chi connectivity index (χ1n) is 8.40. The van der Waals surface area contributed by atoms with Crippen molar-refractivity contribution in [3.63, 3.8) is 0 Å². The maximum atomic E-state index is 5.29. The van der Waals surface area contributed by atoms with E-state index in [1.807, 2.05) is 0 Å². The minimum absolute atomic E-state index is 0.802. The van der Waals surface area contributed by atoms with Crippen molar-refractivity contribution in [2.75, 3.05) is 21.3 Å². The van der Waals surface area contributed by atoms with Crippen molar-refractivity contribution >= 4 is 10.2 Å². The highest BCUT2D eigenvalue weighted by Gasteiger charge is 2.28. The lowest BCUT2D eigenvalue weighted by molar-refractivity contribution is -0.355. The summed E-state index contributed by atoms with van der Waals surface area (Å²) in [7, 11) is 6.28. The molecule has 0 rings (SSSR count). The normalized spacial score (nSPS) is 12.2. The Balaban J connectivity index is 3.32. The number of ether oxygens (including phenoxy) is 3. The van der Waals surface area contributed by atoms with E-state index in [0.29, 0.717) is 0 Å². The van der Waals surface area contributed by atoms with Gasteiger partial charge in [-0.1, -0.05) is 63.8 Å². The van der Waals surface area contributed by atoms with Gasteiger partial charge in [0, 0.05) is 38.0 Å². The summed E-state index contributed by atoms with van der Waals surface area (Å²) in [6.07, 6.45) is 14.4. The zero-order chi connectivity index (χ0) is 15.1. The van der Waals surface area contributed by atoms with E-state index in [-0.39, 0.29) is 0 Å². The lowest BCUT2D eigenvalue weighted by atomic mass is 10.1. The summed E-state index contributed by atoms with van der Waals surface area (Å²) in [5.41, 5.74) is 0. The van der Waals surface area contributed by atoms with E-state index in [1.54, 1.807) is 21.3 Å². The second-order valence-electron chi connectivity index (χ2n) is 5.58. The average molecular weight is 305 g/mol. The molecule has 0 saturated heterocycles. The molecule has 0 unspecified atom stereocenters. The van der Waals surface area contributed by atoms with Crippen molar-refractivity contribution in [2.45, 2.75) is 82.6 Å². The van der Waals surface area contributed by atoms with Crippen molar-refractivity contribution in [1.29, 1.82) is 0 Å². The van der Waals surface area contributed by atoms with Gasteiger partial charge < -0.3 is 14.2 Å². The Morgan fingerprint density at radius 1 is 0.600 bits per heavy atom. The first-order valence-corrected chi connectivity index (χ1v) is 9.81. The van der Waals surface area contributed by atoms with Crippen molar-refractivity contribution in [1.82, 2.24) is 0 Å². The highest BCUT2D eigenvalue weighted by Crippen LogP contribution is 2.21. The predicted molar refractivity (Wildman–Crippen MR) is 89.3 cm³/mol. The lowest BCUT2D eigenvalue weighted by Crippen LogP contribution is -2.35. The van der Waals surface area contributed by atoms with Crippen molar-refractivity contribution in [3.05, 3.63) is 0 Å². The van der Waals surface area contributed by atoms with Crippen LogP contribution in [0, 0.1) is 0 Å². The van der Waals surface area contributed by atoms with Gasteiger partial charge >= 0.3 is 0 Å². The van der Waals surface area contributed by atoms with Crippen LogP contribution in [0.4, 0.5) is 0 Å². The number of rotatable bonds is 15. The molecule has 0 atom stereocenters. The third-order valence-electron chi connectivity index (χ3n) is 4.02. The maximum absolute atomic E-state index is 5.29. The second kappa shape index (κ2) is 14.1. The van der Waals surface area contributed by atoms with Crippen LogP contribution in [0.5, 0.6) is 0 Å². The van der Waals surface area contributed by atoms with Crippen molar-refractivity contribution < 1.29 is 14.2 Å². The Hall–Kier alpha value is 0.0969. The molecule has 122 valence electrons. The van der Waals surface area contributed by atoms with Gasteiger partial charge in [0.2, 0.25) is 0 Å². The maximum Gasteiger partial charge on any atom is 0.282 e. The van der Waals surface area contributed by atoms with Crippen LogP contribution in [-0.4, -0.2) is 37.5 Å². The molecule has 0 aliphatic carbocycles. The highest BCUT2D eigenvalue weighted by molar-refractivity contribution is 6.08. The Morgan fingerprint density at radius 3 is 1.30 bits per heavy atom. The molecule has 0 aromatic rings. The van der Waals surface area contributed by atoms with Crippen LogP contribution < -0.4 is 0 Å². The van der Waals surface area contributed by atoms with Crippen molar-refractivity contribution in [3.8, 4) is 0 Å². The molecule has 0 fully saturated rings. The Kier molecular flexibility index (Phi) is 14.1. The fourth-order valence-electron chi connectivity index (χ4n) is 2.56. The summed E-state index contributed by atoms with van der Waals surface area (Å²) in [6.45, 7) is 0. The number of hydrogen-bond donors (Lipinski definition) is 0. The average Bonchev–Trinajstić information content (AvgIpc) is 2.49. The first kappa shape index (κ1) is 20.1. The number of methoxy groups -OCH3 is 3. The van der Waals surface area contributed by atoms with E-state index in [0.717, 1.165) is 12.8 Å². The molecule has 0 aliphatic heterocycles. The quantitative estimate of drug-likeness (QED) is 0.262. The molecule has 0 aliphatic rings. The van der Waals surface area contributed by atoms with Gasteiger partial charge in [-0.05, 0) is 6.42 Å². The van der Waals surface area contributed by atoms with E-state index in [1.165, 1.54) is 74.1 Å². The third-order valence-corrected chi connectivity index (χ3v) is 4.73. The minimum Gasteiger partial charge on any atom is -0.331 e. The minimum atomic E-state index is -0.831. The Bertz CT molecular complexity index is 188. The van der Waals surface area contributed by atoms with E-state index < -0.39 is 5.97 Å². The molecule has 0 spiro atoms. The highest BCUT2D eigenvalue weighted by atomic mass is 28.1. The fraction of sp³-hybridized carbons (Fsp3) is 1.00. The van der Waals surface area contributed by atoms with Crippen LogP contribution in [-0.2, 0) is 14.2 Å². The summed E-state index contributed by atoms with van der Waals surface area (Å²) < 4.78 is 15.9. The molecule has 0 bridgehead atoms. The second-order valence-corrected chi connectivity index (χ2v) is 6.58. The molecule has 20 heavy (non-hydrogen) atoms. The molecular weight excluding hydrogens is 268 g/mol. The zero-order valence-electron chi connectivity index (χ0n) is 14.2. The molecule has 0 saturated carbocycles. The van der Waals surface area contributed by atoms with Gasteiger partial charge in [-0.2, -0.15) is 0 Å². The van der Waals surface area contributed by atoms with E-state index >= 15 is 0 Å². The van der Waals surface area contributed by atoms with Gasteiger partial charge in [0.25, 0.3) is 5.97 Å². The van der Waals surface area contributed by atoms with Crippen LogP contribution in [0.1, 0.15) is 70.6 Å². The van der Waals surface area contributed by atoms with Crippen LogP contribution in [0.2, 0.25) is 6.04 Å². The molecule has 0 amide bonds. The van der Waals surface area contributed by atoms with Gasteiger partial charge in [-0.25, -0.2) is 0 Å². The standard InChI is InChI=1S/C16H36O3Si/c1-17-16(18-2,19-3)14-12-10-8-6-4-5-7-9-11-13-15-20/h4-15H2,1-3,20H3. The van der Waals surface area contributed by atoms with Gasteiger partial charge in [0.15, 0.2) is 0 Å². The summed E-state index contributed by atoms with van der Waals surface area (Å²) in [5.74, 6) is -0.831. The van der Waals surface area contributed by atoms with Crippen molar-refractivity contribution in [2.24, 2.45) is 0 Å². The van der Waals surface area contributed by atoms with E-state index in [9.17, 15) is 0 Å². The summed E-state index contributed by atoms with van der Waals surface area (Å²) >= 11 is 0. The lowest BCUT2D eigenvalue weighted by Gasteiger charge is -2.28. The van der Waals surface area contributed by atoms with Crippen LogP contribution in [0.3, 0.4) is 0 Å². The van der Waals surface area contributed by atoms with Gasteiger partial charge in [-0.15, -0.1) is 0 Å². The smallest absolute Gasteiger partial charge is 0.282 e. The molecule has 0 heterocycles. The number of unbranched alkanes of at least 4 members (excludes halogenated alkanes) is 9.